The highest BCUT2D eigenvalue weighted by molar-refractivity contribution is 5.69. The standard InChI is InChI=1S/C7H14O2.CH3NO2/c1-4-5-7(8)9-6(2)3;2-1(3)4/h6H,4-5H2,1-3H3;2H2,(H,3,4). The van der Waals surface area contributed by atoms with E-state index in [4.69, 9.17) is 14.6 Å². The minimum atomic E-state index is -1.33. The third kappa shape index (κ3) is 24.9. The van der Waals surface area contributed by atoms with E-state index in [0.717, 1.165) is 6.42 Å². The third-order valence-corrected chi connectivity index (χ3v) is 0.821. The van der Waals surface area contributed by atoms with Gasteiger partial charge in [-0.2, -0.15) is 0 Å². The number of ether oxygens (including phenoxy) is 1. The molecule has 0 aromatic heterocycles. The van der Waals surface area contributed by atoms with Gasteiger partial charge in [0.1, 0.15) is 0 Å². The van der Waals surface area contributed by atoms with Crippen LogP contribution in [0, 0.1) is 0 Å². The van der Waals surface area contributed by atoms with Gasteiger partial charge in [0.05, 0.1) is 6.10 Å². The molecular weight excluding hydrogens is 174 g/mol. The van der Waals surface area contributed by atoms with Crippen molar-refractivity contribution in [3.05, 3.63) is 0 Å². The molecule has 0 bridgehead atoms. The SMILES string of the molecule is CCCC(=O)OC(C)C.NC(=O)O. The van der Waals surface area contributed by atoms with Crippen LogP contribution in [0.2, 0.25) is 0 Å². The van der Waals surface area contributed by atoms with Gasteiger partial charge in [0.15, 0.2) is 0 Å². The first kappa shape index (κ1) is 14.3. The van der Waals surface area contributed by atoms with Crippen LogP contribution in [0.3, 0.4) is 0 Å². The lowest BCUT2D eigenvalue weighted by Gasteiger charge is -2.05. The fourth-order valence-electron chi connectivity index (χ4n) is 0.526. The molecule has 0 heterocycles. The Morgan fingerprint density at radius 2 is 1.85 bits per heavy atom. The van der Waals surface area contributed by atoms with Gasteiger partial charge in [-0.3, -0.25) is 4.79 Å². The number of nitrogens with two attached hydrogens (primary N) is 1. The Hall–Kier alpha value is -1.26. The molecule has 1 amide bonds. The Bertz CT molecular complexity index is 152. The molecule has 0 spiro atoms. The van der Waals surface area contributed by atoms with Crippen LogP contribution in [0.1, 0.15) is 33.6 Å². The van der Waals surface area contributed by atoms with Crippen molar-refractivity contribution < 1.29 is 19.4 Å². The average molecular weight is 191 g/mol. The molecule has 0 aliphatic carbocycles. The Labute approximate surface area is 77.9 Å². The Balaban J connectivity index is 0. The molecule has 0 aliphatic rings. The molecular formula is C8H17NO4. The van der Waals surface area contributed by atoms with Gasteiger partial charge in [-0.25, -0.2) is 4.79 Å². The second kappa shape index (κ2) is 8.83. The maximum Gasteiger partial charge on any atom is 0.402 e. The van der Waals surface area contributed by atoms with Gasteiger partial charge in [0.25, 0.3) is 0 Å². The van der Waals surface area contributed by atoms with Crippen molar-refractivity contribution in [2.24, 2.45) is 5.73 Å². The largest absolute Gasteiger partial charge is 0.465 e. The maximum absolute atomic E-state index is 10.6. The summed E-state index contributed by atoms with van der Waals surface area (Å²) in [5.41, 5.74) is 4.03. The second-order valence-electron chi connectivity index (χ2n) is 2.63. The smallest absolute Gasteiger partial charge is 0.402 e. The minimum Gasteiger partial charge on any atom is -0.465 e. The summed E-state index contributed by atoms with van der Waals surface area (Å²) < 4.78 is 4.85. The first-order chi connectivity index (χ1) is 5.90. The molecule has 0 saturated heterocycles. The summed E-state index contributed by atoms with van der Waals surface area (Å²) in [7, 11) is 0. The molecule has 0 fully saturated rings. The highest BCUT2D eigenvalue weighted by Gasteiger charge is 2.01. The lowest BCUT2D eigenvalue weighted by atomic mass is 10.3. The van der Waals surface area contributed by atoms with Crippen molar-refractivity contribution >= 4 is 12.1 Å². The minimum absolute atomic E-state index is 0.0315. The van der Waals surface area contributed by atoms with Gasteiger partial charge < -0.3 is 15.6 Å². The normalized spacial score (nSPS) is 8.62. The number of hydrogen-bond donors (Lipinski definition) is 2. The first-order valence-electron chi connectivity index (χ1n) is 4.08. The number of esters is 1. The number of amides is 1. The molecule has 0 atom stereocenters. The molecule has 0 saturated carbocycles. The first-order valence-corrected chi connectivity index (χ1v) is 4.08. The maximum atomic E-state index is 10.6. The number of carbonyl (C=O) groups is 2. The topological polar surface area (TPSA) is 89.6 Å². The molecule has 13 heavy (non-hydrogen) atoms. The van der Waals surface area contributed by atoms with Crippen LogP contribution in [-0.4, -0.2) is 23.3 Å². The summed E-state index contributed by atoms with van der Waals surface area (Å²) in [4.78, 5) is 19.4. The van der Waals surface area contributed by atoms with E-state index in [1.54, 1.807) is 0 Å². The van der Waals surface area contributed by atoms with Crippen LogP contribution in [0.5, 0.6) is 0 Å². The fraction of sp³-hybridized carbons (Fsp3) is 0.750. The van der Waals surface area contributed by atoms with E-state index in [-0.39, 0.29) is 12.1 Å². The van der Waals surface area contributed by atoms with Gasteiger partial charge >= 0.3 is 12.1 Å². The summed E-state index contributed by atoms with van der Waals surface area (Å²) in [6.07, 6.45) is 0.105. The van der Waals surface area contributed by atoms with Crippen molar-refractivity contribution in [2.75, 3.05) is 0 Å². The van der Waals surface area contributed by atoms with E-state index in [1.165, 1.54) is 0 Å². The molecule has 0 rings (SSSR count). The summed E-state index contributed by atoms with van der Waals surface area (Å²) in [6.45, 7) is 5.67. The van der Waals surface area contributed by atoms with Gasteiger partial charge in [-0.15, -0.1) is 0 Å². The number of carboxylic acid groups (broad SMARTS) is 1. The van der Waals surface area contributed by atoms with Crippen molar-refractivity contribution in [1.29, 1.82) is 0 Å². The van der Waals surface area contributed by atoms with E-state index in [1.807, 2.05) is 20.8 Å². The molecule has 5 heteroatoms. The molecule has 0 radical (unpaired) electrons. The van der Waals surface area contributed by atoms with Gasteiger partial charge in [0, 0.05) is 6.42 Å². The highest BCUT2D eigenvalue weighted by Crippen LogP contribution is 1.94. The molecule has 0 aromatic rings. The quantitative estimate of drug-likeness (QED) is 0.659. The Kier molecular flexibility index (Phi) is 9.70. The number of carbonyl (C=O) groups excluding carboxylic acids is 1. The average Bonchev–Trinajstić information content (AvgIpc) is 1.83. The van der Waals surface area contributed by atoms with E-state index in [9.17, 15) is 4.79 Å². The number of hydrogen-bond acceptors (Lipinski definition) is 3. The third-order valence-electron chi connectivity index (χ3n) is 0.821. The van der Waals surface area contributed by atoms with Crippen LogP contribution >= 0.6 is 0 Å². The van der Waals surface area contributed by atoms with Crippen molar-refractivity contribution in [3.63, 3.8) is 0 Å². The molecule has 0 unspecified atom stereocenters. The van der Waals surface area contributed by atoms with Gasteiger partial charge in [-0.1, -0.05) is 6.92 Å². The second-order valence-corrected chi connectivity index (χ2v) is 2.63. The zero-order chi connectivity index (χ0) is 10.9. The highest BCUT2D eigenvalue weighted by atomic mass is 16.5. The molecule has 0 aliphatic heterocycles. The number of rotatable bonds is 3. The fourth-order valence-corrected chi connectivity index (χ4v) is 0.526. The van der Waals surface area contributed by atoms with E-state index in [0.29, 0.717) is 6.42 Å². The predicted molar refractivity (Wildman–Crippen MR) is 48.3 cm³/mol. The molecule has 0 aromatic carbocycles. The van der Waals surface area contributed by atoms with E-state index >= 15 is 0 Å². The lowest BCUT2D eigenvalue weighted by Crippen LogP contribution is -2.10. The van der Waals surface area contributed by atoms with Crippen molar-refractivity contribution in [1.82, 2.24) is 0 Å². The zero-order valence-electron chi connectivity index (χ0n) is 8.24. The Morgan fingerprint density at radius 3 is 2.08 bits per heavy atom. The number of primary amides is 1. The molecule has 3 N–H and O–H groups in total. The Morgan fingerprint density at radius 1 is 1.46 bits per heavy atom. The van der Waals surface area contributed by atoms with Crippen LogP contribution in [0.15, 0.2) is 0 Å². The summed E-state index contributed by atoms with van der Waals surface area (Å²) in [5.74, 6) is -0.0903. The summed E-state index contributed by atoms with van der Waals surface area (Å²) in [5, 5.41) is 7.19. The van der Waals surface area contributed by atoms with Crippen LogP contribution in [-0.2, 0) is 9.53 Å². The summed E-state index contributed by atoms with van der Waals surface area (Å²) in [6, 6.07) is 0. The monoisotopic (exact) mass is 191 g/mol. The lowest BCUT2D eigenvalue weighted by molar-refractivity contribution is -0.147. The predicted octanol–water partition coefficient (Wildman–Crippen LogP) is 1.36. The van der Waals surface area contributed by atoms with E-state index in [2.05, 4.69) is 5.73 Å². The van der Waals surface area contributed by atoms with Crippen LogP contribution in [0.4, 0.5) is 4.79 Å². The van der Waals surface area contributed by atoms with Crippen molar-refractivity contribution in [2.45, 2.75) is 39.7 Å². The van der Waals surface area contributed by atoms with Crippen LogP contribution < -0.4 is 5.73 Å². The summed E-state index contributed by atoms with van der Waals surface area (Å²) >= 11 is 0. The zero-order valence-corrected chi connectivity index (χ0v) is 8.24. The van der Waals surface area contributed by atoms with Gasteiger partial charge in [-0.05, 0) is 20.3 Å². The van der Waals surface area contributed by atoms with Gasteiger partial charge in [0.2, 0.25) is 0 Å². The van der Waals surface area contributed by atoms with E-state index < -0.39 is 6.09 Å². The molecule has 78 valence electrons. The van der Waals surface area contributed by atoms with Crippen LogP contribution in [0.25, 0.3) is 0 Å². The molecule has 5 nitrogen and oxygen atoms in total. The van der Waals surface area contributed by atoms with Crippen molar-refractivity contribution in [3.8, 4) is 0 Å².